The van der Waals surface area contributed by atoms with Gasteiger partial charge in [-0.15, -0.1) is 15.3 Å². The Morgan fingerprint density at radius 2 is 2.09 bits per heavy atom. The van der Waals surface area contributed by atoms with Crippen molar-refractivity contribution in [3.63, 3.8) is 0 Å². The number of benzene rings is 1. The number of aromatic nitrogens is 7. The van der Waals surface area contributed by atoms with E-state index in [4.69, 9.17) is 0 Å². The van der Waals surface area contributed by atoms with E-state index in [1.807, 2.05) is 31.3 Å². The summed E-state index contributed by atoms with van der Waals surface area (Å²) in [6.45, 7) is 0. The predicted octanol–water partition coefficient (Wildman–Crippen LogP) is 1.64. The number of hydrogen-bond donors (Lipinski definition) is 2. The molecular formula is C14H12N8. The lowest BCUT2D eigenvalue weighted by molar-refractivity contribution is 0.808. The Balaban J connectivity index is 1.89. The molecule has 0 aliphatic carbocycles. The van der Waals surface area contributed by atoms with Crippen LogP contribution in [-0.4, -0.2) is 42.4 Å². The summed E-state index contributed by atoms with van der Waals surface area (Å²) in [5, 5.41) is 27.3. The Hall–Kier alpha value is -3.29. The molecule has 1 aromatic carbocycles. The summed E-state index contributed by atoms with van der Waals surface area (Å²) in [6, 6.07) is 7.75. The van der Waals surface area contributed by atoms with E-state index in [-0.39, 0.29) is 0 Å². The van der Waals surface area contributed by atoms with Gasteiger partial charge in [0, 0.05) is 18.0 Å². The van der Waals surface area contributed by atoms with Gasteiger partial charge in [0.05, 0.1) is 35.5 Å². The van der Waals surface area contributed by atoms with Gasteiger partial charge in [-0.05, 0) is 24.3 Å². The fourth-order valence-electron chi connectivity index (χ4n) is 2.38. The molecule has 3 heterocycles. The lowest BCUT2D eigenvalue weighted by atomic mass is 10.1. The number of hydrogen-bond acceptors (Lipinski definition) is 6. The molecule has 3 aromatic heterocycles. The molecule has 0 amide bonds. The third-order valence-corrected chi connectivity index (χ3v) is 3.46. The first kappa shape index (κ1) is 12.5. The zero-order chi connectivity index (χ0) is 14.9. The van der Waals surface area contributed by atoms with E-state index in [2.05, 4.69) is 36.0 Å². The molecule has 0 spiro atoms. The van der Waals surface area contributed by atoms with Gasteiger partial charge in [0.2, 0.25) is 0 Å². The predicted molar refractivity (Wildman–Crippen MR) is 81.6 cm³/mol. The molecule has 0 atom stereocenters. The van der Waals surface area contributed by atoms with Gasteiger partial charge in [-0.1, -0.05) is 5.21 Å². The first-order valence-corrected chi connectivity index (χ1v) is 6.71. The maximum atomic E-state index is 4.25. The number of nitrogens with one attached hydrogen (secondary N) is 2. The Morgan fingerprint density at radius 1 is 1.14 bits per heavy atom. The van der Waals surface area contributed by atoms with E-state index in [9.17, 15) is 0 Å². The Bertz CT molecular complexity index is 908. The zero-order valence-electron chi connectivity index (χ0n) is 11.7. The molecule has 0 unspecified atom stereocenters. The van der Waals surface area contributed by atoms with Crippen LogP contribution in [0.5, 0.6) is 0 Å². The number of nitrogens with zero attached hydrogens (tertiary/aromatic N) is 6. The summed E-state index contributed by atoms with van der Waals surface area (Å²) < 4.78 is 1.71. The molecule has 0 bridgehead atoms. The SMILES string of the molecule is CNc1ccc(-c2ccc(-n3ccnn3)c3cn[nH]c23)nn1. The Kier molecular flexibility index (Phi) is 2.78. The van der Waals surface area contributed by atoms with Crippen LogP contribution in [0.2, 0.25) is 0 Å². The van der Waals surface area contributed by atoms with Gasteiger partial charge in [0.25, 0.3) is 0 Å². The van der Waals surface area contributed by atoms with Gasteiger partial charge in [-0.2, -0.15) is 5.10 Å². The fraction of sp³-hybridized carbons (Fsp3) is 0.0714. The van der Waals surface area contributed by atoms with Crippen molar-refractivity contribution >= 4 is 16.7 Å². The van der Waals surface area contributed by atoms with Crippen molar-refractivity contribution in [1.82, 2.24) is 35.4 Å². The summed E-state index contributed by atoms with van der Waals surface area (Å²) in [5.41, 5.74) is 3.51. The topological polar surface area (TPSA) is 97.2 Å². The Labute approximate surface area is 125 Å². The maximum Gasteiger partial charge on any atom is 0.148 e. The van der Waals surface area contributed by atoms with Crippen molar-refractivity contribution in [1.29, 1.82) is 0 Å². The van der Waals surface area contributed by atoms with Crippen LogP contribution in [0.1, 0.15) is 0 Å². The van der Waals surface area contributed by atoms with Crippen LogP contribution in [0.25, 0.3) is 27.8 Å². The standard InChI is InChI=1S/C14H12N8/c1-15-13-5-3-11(18-19-13)9-2-4-12(22-7-6-16-21-22)10-8-17-20-14(9)10/h2-8H,1H3,(H,15,19)(H,17,20). The summed E-state index contributed by atoms with van der Waals surface area (Å²) in [6.07, 6.45) is 5.20. The van der Waals surface area contributed by atoms with Crippen molar-refractivity contribution in [2.45, 2.75) is 0 Å². The zero-order valence-corrected chi connectivity index (χ0v) is 11.7. The average Bonchev–Trinajstić information content (AvgIpc) is 3.25. The molecule has 2 N–H and O–H groups in total. The first-order chi connectivity index (χ1) is 10.9. The number of H-pyrrole nitrogens is 1. The minimum absolute atomic E-state index is 0.726. The number of fused-ring (bicyclic) bond motifs is 1. The lowest BCUT2D eigenvalue weighted by Gasteiger charge is -2.07. The van der Waals surface area contributed by atoms with Crippen LogP contribution >= 0.6 is 0 Å². The highest BCUT2D eigenvalue weighted by Crippen LogP contribution is 2.29. The quantitative estimate of drug-likeness (QED) is 0.596. The molecule has 0 saturated heterocycles. The van der Waals surface area contributed by atoms with Crippen molar-refractivity contribution in [3.05, 3.63) is 42.9 Å². The normalized spacial score (nSPS) is 11.0. The third-order valence-electron chi connectivity index (χ3n) is 3.46. The van der Waals surface area contributed by atoms with Crippen LogP contribution < -0.4 is 5.32 Å². The second-order valence-corrected chi connectivity index (χ2v) is 4.69. The van der Waals surface area contributed by atoms with E-state index >= 15 is 0 Å². The summed E-state index contributed by atoms with van der Waals surface area (Å²) in [5.74, 6) is 0.726. The average molecular weight is 292 g/mol. The molecule has 0 fully saturated rings. The smallest absolute Gasteiger partial charge is 0.148 e. The van der Waals surface area contributed by atoms with Gasteiger partial charge in [-0.25, -0.2) is 4.68 Å². The third kappa shape index (κ3) is 1.89. The van der Waals surface area contributed by atoms with Gasteiger partial charge in [-0.3, -0.25) is 5.10 Å². The van der Waals surface area contributed by atoms with Crippen molar-refractivity contribution in [2.75, 3.05) is 12.4 Å². The van der Waals surface area contributed by atoms with Gasteiger partial charge >= 0.3 is 0 Å². The van der Waals surface area contributed by atoms with E-state index in [1.165, 1.54) is 0 Å². The molecule has 8 nitrogen and oxygen atoms in total. The van der Waals surface area contributed by atoms with Crippen LogP contribution in [-0.2, 0) is 0 Å². The molecule has 4 aromatic rings. The molecule has 0 radical (unpaired) electrons. The van der Waals surface area contributed by atoms with E-state index in [1.54, 1.807) is 23.3 Å². The van der Waals surface area contributed by atoms with Gasteiger partial charge in [0.15, 0.2) is 0 Å². The fourth-order valence-corrected chi connectivity index (χ4v) is 2.38. The minimum Gasteiger partial charge on any atom is -0.372 e. The van der Waals surface area contributed by atoms with E-state index < -0.39 is 0 Å². The molecule has 8 heteroatoms. The van der Waals surface area contributed by atoms with Crippen molar-refractivity contribution in [2.24, 2.45) is 0 Å². The van der Waals surface area contributed by atoms with E-state index in [0.29, 0.717) is 0 Å². The monoisotopic (exact) mass is 292 g/mol. The van der Waals surface area contributed by atoms with Crippen molar-refractivity contribution < 1.29 is 0 Å². The van der Waals surface area contributed by atoms with Crippen molar-refractivity contribution in [3.8, 4) is 16.9 Å². The summed E-state index contributed by atoms with van der Waals surface area (Å²) in [4.78, 5) is 0. The molecule has 22 heavy (non-hydrogen) atoms. The second kappa shape index (κ2) is 4.92. The van der Waals surface area contributed by atoms with E-state index in [0.717, 1.165) is 33.7 Å². The highest BCUT2D eigenvalue weighted by Gasteiger charge is 2.12. The van der Waals surface area contributed by atoms with Gasteiger partial charge < -0.3 is 5.32 Å². The lowest BCUT2D eigenvalue weighted by Crippen LogP contribution is -1.98. The molecule has 108 valence electrons. The van der Waals surface area contributed by atoms with Crippen LogP contribution in [0.4, 0.5) is 5.82 Å². The molecule has 0 aliphatic heterocycles. The highest BCUT2D eigenvalue weighted by atomic mass is 15.4. The van der Waals surface area contributed by atoms with Crippen LogP contribution in [0, 0.1) is 0 Å². The number of rotatable bonds is 3. The second-order valence-electron chi connectivity index (χ2n) is 4.69. The number of aromatic amines is 1. The summed E-state index contributed by atoms with van der Waals surface area (Å²) >= 11 is 0. The summed E-state index contributed by atoms with van der Waals surface area (Å²) in [7, 11) is 1.81. The molecule has 0 saturated carbocycles. The van der Waals surface area contributed by atoms with Crippen LogP contribution in [0.15, 0.2) is 42.9 Å². The molecule has 4 rings (SSSR count). The highest BCUT2D eigenvalue weighted by molar-refractivity contribution is 5.97. The number of anilines is 1. The first-order valence-electron chi connectivity index (χ1n) is 6.71. The van der Waals surface area contributed by atoms with Gasteiger partial charge in [0.1, 0.15) is 5.82 Å². The van der Waals surface area contributed by atoms with Crippen LogP contribution in [0.3, 0.4) is 0 Å². The molecule has 0 aliphatic rings. The minimum atomic E-state index is 0.726. The maximum absolute atomic E-state index is 4.25. The molecular weight excluding hydrogens is 280 g/mol. The largest absolute Gasteiger partial charge is 0.372 e. The Morgan fingerprint density at radius 3 is 2.82 bits per heavy atom.